The summed E-state index contributed by atoms with van der Waals surface area (Å²) in [5.41, 5.74) is 0. The summed E-state index contributed by atoms with van der Waals surface area (Å²) in [6, 6.07) is 0.555. The van der Waals surface area contributed by atoms with Gasteiger partial charge in [0.2, 0.25) is 5.16 Å². The van der Waals surface area contributed by atoms with Crippen molar-refractivity contribution in [1.82, 2.24) is 20.2 Å². The van der Waals surface area contributed by atoms with Crippen LogP contribution in [0.25, 0.3) is 0 Å². The fourth-order valence-corrected chi connectivity index (χ4v) is 4.60. The second-order valence-electron chi connectivity index (χ2n) is 5.69. The molecular weight excluding hydrogens is 236 g/mol. The van der Waals surface area contributed by atoms with E-state index in [4.69, 9.17) is 0 Å². The molecule has 1 heterocycles. The van der Waals surface area contributed by atoms with Gasteiger partial charge in [0, 0.05) is 0 Å². The number of aromatic nitrogens is 4. The van der Waals surface area contributed by atoms with Crippen LogP contribution in [0.3, 0.4) is 0 Å². The lowest BCUT2D eigenvalue weighted by atomic mass is 10.3. The molecule has 4 nitrogen and oxygen atoms in total. The van der Waals surface area contributed by atoms with Gasteiger partial charge in [-0.2, -0.15) is 0 Å². The average Bonchev–Trinajstić information content (AvgIpc) is 2.84. The van der Waals surface area contributed by atoms with Crippen LogP contribution in [0.2, 0.25) is 19.6 Å². The van der Waals surface area contributed by atoms with Crippen LogP contribution >= 0.6 is 11.8 Å². The average molecular weight is 256 g/mol. The third-order valence-corrected chi connectivity index (χ3v) is 7.34. The van der Waals surface area contributed by atoms with Gasteiger partial charge in [-0.05, 0) is 28.6 Å². The van der Waals surface area contributed by atoms with Crippen molar-refractivity contribution in [3.8, 4) is 0 Å². The number of hydrogen-bond donors (Lipinski definition) is 0. The standard InChI is InChI=1S/C10H20N4SSi/c1-16(2,3)8-15-10-11-12-13-14(10)9-6-4-5-7-9/h9H,4-8H2,1-3H3. The normalized spacial score (nSPS) is 18.2. The van der Waals surface area contributed by atoms with Gasteiger partial charge in [-0.3, -0.25) is 0 Å². The molecule has 1 saturated carbocycles. The molecule has 1 aromatic rings. The van der Waals surface area contributed by atoms with Gasteiger partial charge in [-0.25, -0.2) is 4.68 Å². The Kier molecular flexibility index (Phi) is 3.69. The molecule has 0 saturated heterocycles. The van der Waals surface area contributed by atoms with Crippen LogP contribution in [-0.4, -0.2) is 33.7 Å². The highest BCUT2D eigenvalue weighted by molar-refractivity contribution is 8.00. The number of rotatable bonds is 4. The van der Waals surface area contributed by atoms with E-state index in [0.717, 1.165) is 5.16 Å². The van der Waals surface area contributed by atoms with Crippen LogP contribution in [0.15, 0.2) is 5.16 Å². The Morgan fingerprint density at radius 2 is 2.00 bits per heavy atom. The lowest BCUT2D eigenvalue weighted by Crippen LogP contribution is -2.24. The molecule has 0 N–H and O–H groups in total. The minimum atomic E-state index is -1.02. The Balaban J connectivity index is 2.01. The van der Waals surface area contributed by atoms with E-state index in [1.807, 2.05) is 11.8 Å². The second kappa shape index (κ2) is 4.87. The van der Waals surface area contributed by atoms with Crippen LogP contribution in [0.4, 0.5) is 0 Å². The zero-order valence-electron chi connectivity index (χ0n) is 10.3. The highest BCUT2D eigenvalue weighted by Crippen LogP contribution is 2.31. The summed E-state index contributed by atoms with van der Waals surface area (Å²) in [5.74, 6) is 0. The number of tetrazole rings is 1. The van der Waals surface area contributed by atoms with E-state index in [-0.39, 0.29) is 0 Å². The predicted octanol–water partition coefficient (Wildman–Crippen LogP) is 2.76. The zero-order valence-corrected chi connectivity index (χ0v) is 12.1. The number of nitrogens with zero attached hydrogens (tertiary/aromatic N) is 4. The second-order valence-corrected chi connectivity index (χ2v) is 12.6. The molecular formula is C10H20N4SSi. The molecule has 0 spiro atoms. The first-order chi connectivity index (χ1) is 7.56. The molecule has 0 radical (unpaired) electrons. The smallest absolute Gasteiger partial charge is 0.209 e. The summed E-state index contributed by atoms with van der Waals surface area (Å²) in [4.78, 5) is 0. The Morgan fingerprint density at radius 3 is 2.62 bits per heavy atom. The summed E-state index contributed by atoms with van der Waals surface area (Å²) in [5, 5.41) is 14.3. The lowest BCUT2D eigenvalue weighted by molar-refractivity contribution is 0.423. The van der Waals surface area contributed by atoms with Gasteiger partial charge in [0.25, 0.3) is 0 Å². The molecule has 90 valence electrons. The molecule has 0 amide bonds. The number of thioether (sulfide) groups is 1. The zero-order chi connectivity index (χ0) is 11.6. The van der Waals surface area contributed by atoms with Crippen molar-refractivity contribution in [2.45, 2.75) is 56.5 Å². The molecule has 0 aliphatic heterocycles. The van der Waals surface area contributed by atoms with E-state index in [2.05, 4.69) is 39.8 Å². The van der Waals surface area contributed by atoms with Crippen LogP contribution in [0.5, 0.6) is 0 Å². The van der Waals surface area contributed by atoms with E-state index < -0.39 is 8.07 Å². The molecule has 1 aliphatic rings. The van der Waals surface area contributed by atoms with Crippen LogP contribution in [0.1, 0.15) is 31.7 Å². The van der Waals surface area contributed by atoms with Crippen molar-refractivity contribution in [3.05, 3.63) is 0 Å². The van der Waals surface area contributed by atoms with Crippen molar-refractivity contribution in [1.29, 1.82) is 0 Å². The van der Waals surface area contributed by atoms with Gasteiger partial charge < -0.3 is 0 Å². The largest absolute Gasteiger partial charge is 0.217 e. The topological polar surface area (TPSA) is 43.6 Å². The van der Waals surface area contributed by atoms with Gasteiger partial charge >= 0.3 is 0 Å². The molecule has 0 aromatic carbocycles. The highest BCUT2D eigenvalue weighted by atomic mass is 32.2. The first-order valence-electron chi connectivity index (χ1n) is 5.97. The minimum Gasteiger partial charge on any atom is -0.217 e. The summed E-state index contributed by atoms with van der Waals surface area (Å²) in [6.45, 7) is 7.14. The number of hydrogen-bond acceptors (Lipinski definition) is 4. The van der Waals surface area contributed by atoms with Crippen molar-refractivity contribution in [2.75, 3.05) is 5.38 Å². The van der Waals surface area contributed by atoms with E-state index in [0.29, 0.717) is 6.04 Å². The van der Waals surface area contributed by atoms with Crippen molar-refractivity contribution in [2.24, 2.45) is 0 Å². The molecule has 2 rings (SSSR count). The van der Waals surface area contributed by atoms with Crippen LogP contribution in [-0.2, 0) is 0 Å². The highest BCUT2D eigenvalue weighted by Gasteiger charge is 2.23. The maximum atomic E-state index is 4.15. The molecule has 0 bridgehead atoms. The molecule has 16 heavy (non-hydrogen) atoms. The maximum Gasteiger partial charge on any atom is 0.209 e. The van der Waals surface area contributed by atoms with Crippen LogP contribution < -0.4 is 0 Å². The Labute approximate surface area is 102 Å². The van der Waals surface area contributed by atoms with E-state index in [1.54, 1.807) is 0 Å². The monoisotopic (exact) mass is 256 g/mol. The van der Waals surface area contributed by atoms with E-state index in [9.17, 15) is 0 Å². The van der Waals surface area contributed by atoms with Gasteiger partial charge in [0.1, 0.15) is 0 Å². The predicted molar refractivity (Wildman–Crippen MR) is 69.4 cm³/mol. The third kappa shape index (κ3) is 3.07. The van der Waals surface area contributed by atoms with Crippen molar-refractivity contribution >= 4 is 19.8 Å². The van der Waals surface area contributed by atoms with Gasteiger partial charge in [-0.15, -0.1) is 5.10 Å². The summed E-state index contributed by atoms with van der Waals surface area (Å²) in [6.07, 6.45) is 5.13. The SMILES string of the molecule is C[Si](C)(C)CSc1nnnn1C1CCCC1. The summed E-state index contributed by atoms with van der Waals surface area (Å²) in [7, 11) is -1.02. The minimum absolute atomic E-state index is 0.555. The summed E-state index contributed by atoms with van der Waals surface area (Å²) >= 11 is 1.84. The van der Waals surface area contributed by atoms with E-state index >= 15 is 0 Å². The Morgan fingerprint density at radius 1 is 1.31 bits per heavy atom. The van der Waals surface area contributed by atoms with Crippen LogP contribution in [0, 0.1) is 0 Å². The van der Waals surface area contributed by atoms with Gasteiger partial charge in [0.05, 0.1) is 14.1 Å². The molecule has 0 atom stereocenters. The lowest BCUT2D eigenvalue weighted by Gasteiger charge is -2.15. The molecule has 1 fully saturated rings. The first-order valence-corrected chi connectivity index (χ1v) is 10.7. The molecule has 0 unspecified atom stereocenters. The third-order valence-electron chi connectivity index (χ3n) is 2.77. The first kappa shape index (κ1) is 12.1. The van der Waals surface area contributed by atoms with Crippen molar-refractivity contribution in [3.63, 3.8) is 0 Å². The molecule has 1 aromatic heterocycles. The fraction of sp³-hybridized carbons (Fsp3) is 0.900. The van der Waals surface area contributed by atoms with Crippen molar-refractivity contribution < 1.29 is 0 Å². The van der Waals surface area contributed by atoms with Gasteiger partial charge in [0.15, 0.2) is 0 Å². The molecule has 6 heteroatoms. The maximum absolute atomic E-state index is 4.15. The fourth-order valence-electron chi connectivity index (χ4n) is 1.94. The Hall–Kier alpha value is -0.363. The summed E-state index contributed by atoms with van der Waals surface area (Å²) < 4.78 is 2.05. The quantitative estimate of drug-likeness (QED) is 0.614. The van der Waals surface area contributed by atoms with E-state index in [1.165, 1.54) is 31.1 Å². The van der Waals surface area contributed by atoms with Gasteiger partial charge in [-0.1, -0.05) is 44.2 Å². The Bertz CT molecular complexity index is 341. The molecule has 1 aliphatic carbocycles.